The zero-order chi connectivity index (χ0) is 28.3. The highest BCUT2D eigenvalue weighted by Gasteiger charge is 2.19. The molecular weight excluding hydrogens is 538 g/mol. The molecule has 41 heavy (non-hydrogen) atoms. The molecule has 2 aliphatic rings. The molecule has 2 aliphatic heterocycles. The van der Waals surface area contributed by atoms with Crippen molar-refractivity contribution in [3.05, 3.63) is 94.3 Å². The van der Waals surface area contributed by atoms with Crippen LogP contribution in [0.5, 0.6) is 5.88 Å². The van der Waals surface area contributed by atoms with Gasteiger partial charge < -0.3 is 20.7 Å². The minimum Gasteiger partial charge on any atom is -0.480 e. The fourth-order valence-corrected chi connectivity index (χ4v) is 5.28. The van der Waals surface area contributed by atoms with Crippen molar-refractivity contribution in [2.75, 3.05) is 38.6 Å². The number of nitrogens with one attached hydrogen (secondary N) is 3. The van der Waals surface area contributed by atoms with Gasteiger partial charge in [0.05, 0.1) is 36.5 Å². The van der Waals surface area contributed by atoms with Crippen LogP contribution in [0.4, 0.5) is 5.69 Å². The maximum absolute atomic E-state index is 13.1. The molecule has 0 fully saturated rings. The zero-order valence-corrected chi connectivity index (χ0v) is 23.4. The summed E-state index contributed by atoms with van der Waals surface area (Å²) in [6.45, 7) is 5.03. The SMILES string of the molecule is COc1nc(-c2cccc(-c3cccc(NC(=O)c4ccc(C5=NCCN5)cn4)c3C)c2Cl)ccc1C1=NCCN1. The average molecular weight is 566 g/mol. The third-order valence-corrected chi connectivity index (χ3v) is 7.48. The number of benzene rings is 2. The number of aromatic nitrogens is 2. The van der Waals surface area contributed by atoms with Gasteiger partial charge in [0.2, 0.25) is 5.88 Å². The molecule has 0 atom stereocenters. The summed E-state index contributed by atoms with van der Waals surface area (Å²) >= 11 is 7.01. The van der Waals surface area contributed by atoms with Gasteiger partial charge in [0, 0.05) is 41.7 Å². The number of carbonyl (C=O) groups excluding carboxylic acids is 1. The second kappa shape index (κ2) is 11.4. The number of halogens is 1. The topological polar surface area (TPSA) is 113 Å². The number of pyridine rings is 2. The molecule has 9 nitrogen and oxygen atoms in total. The van der Waals surface area contributed by atoms with Gasteiger partial charge in [0.1, 0.15) is 17.4 Å². The van der Waals surface area contributed by atoms with Crippen molar-refractivity contribution >= 4 is 34.9 Å². The normalized spacial score (nSPS) is 14.1. The molecule has 0 saturated heterocycles. The van der Waals surface area contributed by atoms with Crippen molar-refractivity contribution in [1.29, 1.82) is 0 Å². The van der Waals surface area contributed by atoms with Crippen LogP contribution in [-0.2, 0) is 0 Å². The molecule has 1 amide bonds. The smallest absolute Gasteiger partial charge is 0.274 e. The van der Waals surface area contributed by atoms with Gasteiger partial charge >= 0.3 is 0 Å². The molecular formula is C31H28ClN7O2. The molecule has 3 N–H and O–H groups in total. The van der Waals surface area contributed by atoms with Crippen molar-refractivity contribution in [2.24, 2.45) is 9.98 Å². The van der Waals surface area contributed by atoms with Crippen molar-refractivity contribution in [1.82, 2.24) is 20.6 Å². The number of carbonyl (C=O) groups is 1. The summed E-state index contributed by atoms with van der Waals surface area (Å²) in [4.78, 5) is 31.0. The van der Waals surface area contributed by atoms with Gasteiger partial charge in [-0.05, 0) is 48.4 Å². The highest BCUT2D eigenvalue weighted by Crippen LogP contribution is 2.39. The first-order valence-electron chi connectivity index (χ1n) is 13.3. The number of rotatable bonds is 7. The van der Waals surface area contributed by atoms with Crippen LogP contribution in [0.1, 0.15) is 27.2 Å². The van der Waals surface area contributed by atoms with Crippen molar-refractivity contribution in [2.45, 2.75) is 6.92 Å². The van der Waals surface area contributed by atoms with Gasteiger partial charge in [-0.3, -0.25) is 19.8 Å². The van der Waals surface area contributed by atoms with E-state index in [0.717, 1.165) is 71.2 Å². The van der Waals surface area contributed by atoms with Gasteiger partial charge in [-0.1, -0.05) is 41.9 Å². The second-order valence-electron chi connectivity index (χ2n) is 9.60. The van der Waals surface area contributed by atoms with Crippen LogP contribution in [0, 0.1) is 6.92 Å². The van der Waals surface area contributed by atoms with E-state index in [0.29, 0.717) is 28.0 Å². The van der Waals surface area contributed by atoms with Gasteiger partial charge in [-0.15, -0.1) is 0 Å². The number of amidine groups is 2. The van der Waals surface area contributed by atoms with E-state index in [1.54, 1.807) is 19.4 Å². The Bertz CT molecular complexity index is 1700. The van der Waals surface area contributed by atoms with Crippen LogP contribution < -0.4 is 20.7 Å². The van der Waals surface area contributed by atoms with Crippen molar-refractivity contribution in [3.8, 4) is 28.3 Å². The third kappa shape index (κ3) is 5.24. The van der Waals surface area contributed by atoms with Gasteiger partial charge in [-0.25, -0.2) is 4.98 Å². The van der Waals surface area contributed by atoms with E-state index in [2.05, 4.69) is 30.9 Å². The predicted molar refractivity (Wildman–Crippen MR) is 162 cm³/mol. The number of hydrogen-bond acceptors (Lipinski definition) is 8. The molecule has 4 heterocycles. The number of methoxy groups -OCH3 is 1. The van der Waals surface area contributed by atoms with Crippen LogP contribution in [0.15, 0.2) is 76.8 Å². The Morgan fingerprint density at radius 1 is 0.878 bits per heavy atom. The molecule has 0 spiro atoms. The molecule has 6 rings (SSSR count). The molecule has 0 radical (unpaired) electrons. The Kier molecular flexibility index (Phi) is 7.35. The largest absolute Gasteiger partial charge is 0.480 e. The summed E-state index contributed by atoms with van der Waals surface area (Å²) in [5.41, 5.74) is 6.74. The Hall–Kier alpha value is -4.76. The van der Waals surface area contributed by atoms with Crippen LogP contribution in [0.3, 0.4) is 0 Å². The molecule has 0 unspecified atom stereocenters. The molecule has 0 saturated carbocycles. The minimum absolute atomic E-state index is 0.296. The predicted octanol–water partition coefficient (Wildman–Crippen LogP) is 4.73. The van der Waals surface area contributed by atoms with Gasteiger partial charge in [0.25, 0.3) is 5.91 Å². The van der Waals surface area contributed by atoms with Crippen LogP contribution in [0.2, 0.25) is 5.02 Å². The van der Waals surface area contributed by atoms with Crippen LogP contribution >= 0.6 is 11.6 Å². The Morgan fingerprint density at radius 3 is 2.32 bits per heavy atom. The first kappa shape index (κ1) is 26.5. The van der Waals surface area contributed by atoms with E-state index < -0.39 is 0 Å². The lowest BCUT2D eigenvalue weighted by Crippen LogP contribution is -2.20. The Morgan fingerprint density at radius 2 is 1.61 bits per heavy atom. The lowest BCUT2D eigenvalue weighted by molar-refractivity contribution is 0.102. The van der Waals surface area contributed by atoms with Crippen molar-refractivity contribution in [3.63, 3.8) is 0 Å². The molecule has 4 aromatic rings. The first-order valence-corrected chi connectivity index (χ1v) is 13.7. The van der Waals surface area contributed by atoms with Crippen LogP contribution in [-0.4, -0.2) is 60.8 Å². The molecule has 206 valence electrons. The van der Waals surface area contributed by atoms with E-state index in [1.807, 2.05) is 61.5 Å². The number of aliphatic imine (C=N–C) groups is 2. The quantitative estimate of drug-likeness (QED) is 0.298. The Labute approximate surface area is 242 Å². The van der Waals surface area contributed by atoms with Gasteiger partial charge in [0.15, 0.2) is 0 Å². The summed E-state index contributed by atoms with van der Waals surface area (Å²) in [5, 5.41) is 10.0. The molecule has 0 bridgehead atoms. The maximum atomic E-state index is 13.1. The lowest BCUT2D eigenvalue weighted by Gasteiger charge is -2.16. The fraction of sp³-hybridized carbons (Fsp3) is 0.194. The van der Waals surface area contributed by atoms with E-state index >= 15 is 0 Å². The highest BCUT2D eigenvalue weighted by molar-refractivity contribution is 6.36. The molecule has 0 aliphatic carbocycles. The summed E-state index contributed by atoms with van der Waals surface area (Å²) in [6, 6.07) is 19.0. The summed E-state index contributed by atoms with van der Waals surface area (Å²) in [6.07, 6.45) is 1.66. The van der Waals surface area contributed by atoms with Crippen LogP contribution in [0.25, 0.3) is 22.4 Å². The summed E-state index contributed by atoms with van der Waals surface area (Å²) in [5.74, 6) is 1.77. The third-order valence-electron chi connectivity index (χ3n) is 7.07. The number of hydrogen-bond donors (Lipinski definition) is 3. The monoisotopic (exact) mass is 565 g/mol. The standard InChI is InChI=1S/C31H28ClN7O2/c1-18-20(5-4-8-24(18)38-30(40)26-11-9-19(17-37-26)28-33-13-14-34-28)21-6-3-7-22(27(21)32)25-12-10-23(31(39-25)41-2)29-35-15-16-36-29/h3-12,17H,13-16H2,1-2H3,(H,33,34)(H,35,36)(H,38,40). The maximum Gasteiger partial charge on any atom is 0.274 e. The molecule has 2 aromatic carbocycles. The summed E-state index contributed by atoms with van der Waals surface area (Å²) < 4.78 is 5.59. The molecule has 10 heteroatoms. The highest BCUT2D eigenvalue weighted by atomic mass is 35.5. The fourth-order valence-electron chi connectivity index (χ4n) is 4.95. The number of ether oxygens (including phenoxy) is 1. The van der Waals surface area contributed by atoms with Gasteiger partial charge in [-0.2, -0.15) is 0 Å². The molecule has 2 aromatic heterocycles. The van der Waals surface area contributed by atoms with Crippen molar-refractivity contribution < 1.29 is 9.53 Å². The number of anilines is 1. The number of nitrogens with zero attached hydrogens (tertiary/aromatic N) is 4. The van der Waals surface area contributed by atoms with E-state index in [9.17, 15) is 4.79 Å². The number of amides is 1. The second-order valence-corrected chi connectivity index (χ2v) is 9.98. The minimum atomic E-state index is -0.296. The Balaban J connectivity index is 1.27. The van der Waals surface area contributed by atoms with E-state index in [-0.39, 0.29) is 5.91 Å². The summed E-state index contributed by atoms with van der Waals surface area (Å²) in [7, 11) is 1.60. The zero-order valence-electron chi connectivity index (χ0n) is 22.7. The first-order chi connectivity index (χ1) is 20.0. The van der Waals surface area contributed by atoms with E-state index in [4.69, 9.17) is 21.3 Å². The van der Waals surface area contributed by atoms with E-state index in [1.165, 1.54) is 0 Å². The lowest BCUT2D eigenvalue weighted by atomic mass is 9.96. The average Bonchev–Trinajstić information content (AvgIpc) is 3.74.